The number of thiophene rings is 1. The number of hydrogen-bond donors (Lipinski definition) is 2. The van der Waals surface area contributed by atoms with Crippen LogP contribution in [0.5, 0.6) is 0 Å². The second-order valence-corrected chi connectivity index (χ2v) is 8.85. The van der Waals surface area contributed by atoms with Gasteiger partial charge in [-0.1, -0.05) is 6.07 Å². The topological polar surface area (TPSA) is 83.6 Å². The van der Waals surface area contributed by atoms with E-state index in [1.165, 1.54) is 12.1 Å². The minimum Gasteiger partial charge on any atom is -0.764 e. The van der Waals surface area contributed by atoms with Crippen LogP contribution in [0.4, 0.5) is 5.69 Å². The Morgan fingerprint density at radius 1 is 1.45 bits per heavy atom. The van der Waals surface area contributed by atoms with Gasteiger partial charge in [0.15, 0.2) is 0 Å². The molecule has 0 fully saturated rings. The van der Waals surface area contributed by atoms with E-state index in [0.29, 0.717) is 0 Å². The molecule has 0 bridgehead atoms. The standard InChI is InChI=1S/C12H11NO4S3/c14-13(15)8-3-4-9-10(19-12-2-1-5-18-12)7-20(16,17)11(9)6-8/h1-6,10H,7H2,(H2-,14,15,16,17). The summed E-state index contributed by atoms with van der Waals surface area (Å²) in [5, 5.41) is 10.7. The Bertz CT molecular complexity index is 657. The van der Waals surface area contributed by atoms with E-state index in [1.54, 1.807) is 29.2 Å². The normalized spacial score (nSPS) is 27.8. The van der Waals surface area contributed by atoms with Crippen molar-refractivity contribution in [3.8, 4) is 0 Å². The summed E-state index contributed by atoms with van der Waals surface area (Å²) in [7, 11) is -3.16. The molecule has 2 unspecified atom stereocenters. The molecule has 1 aliphatic rings. The molecule has 0 amide bonds. The highest BCUT2D eigenvalue weighted by molar-refractivity contribution is 8.25. The van der Waals surface area contributed by atoms with Crippen LogP contribution >= 0.6 is 33.7 Å². The van der Waals surface area contributed by atoms with Crippen LogP contribution in [0.25, 0.3) is 0 Å². The molecule has 1 aliphatic heterocycles. The predicted molar refractivity (Wildman–Crippen MR) is 78.6 cm³/mol. The molecule has 2 N–H and O–H groups in total. The molecule has 1 aromatic carbocycles. The van der Waals surface area contributed by atoms with Crippen LogP contribution in [0.15, 0.2) is 44.8 Å². The maximum absolute atomic E-state index is 12.3. The molecule has 0 spiro atoms. The van der Waals surface area contributed by atoms with Gasteiger partial charge in [-0.15, -0.1) is 23.1 Å². The van der Waals surface area contributed by atoms with Gasteiger partial charge in [0.05, 0.1) is 14.4 Å². The van der Waals surface area contributed by atoms with Crippen LogP contribution in [0.1, 0.15) is 10.8 Å². The van der Waals surface area contributed by atoms with Crippen LogP contribution in [0, 0.1) is 4.91 Å². The Morgan fingerprint density at radius 3 is 2.90 bits per heavy atom. The quantitative estimate of drug-likeness (QED) is 0.826. The lowest BCUT2D eigenvalue weighted by atomic mass is 10.1. The zero-order valence-corrected chi connectivity index (χ0v) is 12.6. The van der Waals surface area contributed by atoms with Crippen LogP contribution in [0.2, 0.25) is 0 Å². The SMILES string of the molecule is O=[N+](O)c1ccc2c(c1)S([O-])(O)CC2Sc1cccs1. The highest BCUT2D eigenvalue weighted by atomic mass is 32.3. The fourth-order valence-electron chi connectivity index (χ4n) is 2.14. The molecular formula is C12H11NO4S3. The number of benzene rings is 1. The van der Waals surface area contributed by atoms with Gasteiger partial charge in [0.2, 0.25) is 0 Å². The van der Waals surface area contributed by atoms with Crippen molar-refractivity contribution in [2.45, 2.75) is 14.4 Å². The van der Waals surface area contributed by atoms with Gasteiger partial charge in [0.25, 0.3) is 4.92 Å². The number of nitrogens with zero attached hydrogens (tertiary/aromatic N) is 1. The lowest BCUT2D eigenvalue weighted by Gasteiger charge is -2.41. The number of hydrogen-bond acceptors (Lipinski definition) is 5. The molecule has 0 saturated heterocycles. The molecule has 8 heteroatoms. The number of thioether (sulfide) groups is 1. The predicted octanol–water partition coefficient (Wildman–Crippen LogP) is 4.16. The van der Waals surface area contributed by atoms with E-state index in [0.717, 1.165) is 9.77 Å². The summed E-state index contributed by atoms with van der Waals surface area (Å²) in [4.78, 5) is 10.8. The van der Waals surface area contributed by atoms with Gasteiger partial charge in [-0.2, -0.15) is 0 Å². The number of rotatable bonds is 3. The van der Waals surface area contributed by atoms with E-state index in [4.69, 9.17) is 5.21 Å². The fraction of sp³-hybridized carbons (Fsp3) is 0.167. The van der Waals surface area contributed by atoms with E-state index < -0.39 is 10.6 Å². The van der Waals surface area contributed by atoms with Crippen molar-refractivity contribution >= 4 is 39.4 Å². The minimum atomic E-state index is -3.16. The van der Waals surface area contributed by atoms with Crippen molar-refractivity contribution in [1.82, 2.24) is 0 Å². The third kappa shape index (κ3) is 2.45. The maximum atomic E-state index is 12.3. The summed E-state index contributed by atoms with van der Waals surface area (Å²) in [5.74, 6) is 0.124. The summed E-state index contributed by atoms with van der Waals surface area (Å²) in [5.41, 5.74) is 0.716. The van der Waals surface area contributed by atoms with Crippen molar-refractivity contribution in [3.05, 3.63) is 46.2 Å². The summed E-state index contributed by atoms with van der Waals surface area (Å²) < 4.78 is 23.4. The smallest absolute Gasteiger partial charge is 0.318 e. The van der Waals surface area contributed by atoms with Gasteiger partial charge in [-0.05, 0) is 23.1 Å². The highest BCUT2D eigenvalue weighted by Crippen LogP contribution is 2.63. The first-order chi connectivity index (χ1) is 9.47. The van der Waals surface area contributed by atoms with Crippen LogP contribution < -0.4 is 0 Å². The van der Waals surface area contributed by atoms with Gasteiger partial charge in [0.1, 0.15) is 0 Å². The number of fused-ring (bicyclic) bond motifs is 1. The molecule has 0 saturated carbocycles. The fourth-order valence-corrected chi connectivity index (χ4v) is 6.65. The van der Waals surface area contributed by atoms with Gasteiger partial charge < -0.3 is 19.7 Å². The van der Waals surface area contributed by atoms with Crippen molar-refractivity contribution in [3.63, 3.8) is 0 Å². The Morgan fingerprint density at radius 2 is 2.25 bits per heavy atom. The Kier molecular flexibility index (Phi) is 3.51. The molecule has 3 rings (SSSR count). The first kappa shape index (κ1) is 13.9. The van der Waals surface area contributed by atoms with Crippen molar-refractivity contribution < 1.29 is 19.2 Å². The Balaban J connectivity index is 1.98. The molecule has 0 aliphatic carbocycles. The van der Waals surface area contributed by atoms with Gasteiger partial charge in [0, 0.05) is 22.8 Å². The van der Waals surface area contributed by atoms with Crippen LogP contribution in [-0.2, 0) is 0 Å². The zero-order chi connectivity index (χ0) is 14.3. The monoisotopic (exact) mass is 329 g/mol. The lowest BCUT2D eigenvalue weighted by Crippen LogP contribution is -1.99. The largest absolute Gasteiger partial charge is 0.764 e. The van der Waals surface area contributed by atoms with Crippen LogP contribution in [-0.4, -0.2) is 25.0 Å². The average molecular weight is 329 g/mol. The lowest BCUT2D eigenvalue weighted by molar-refractivity contribution is -0.729. The minimum absolute atomic E-state index is 0.0349. The van der Waals surface area contributed by atoms with E-state index in [1.807, 2.05) is 17.5 Å². The molecule has 0 radical (unpaired) electrons. The Hall–Kier alpha value is -1.06. The second kappa shape index (κ2) is 5.05. The molecule has 5 nitrogen and oxygen atoms in total. The summed E-state index contributed by atoms with van der Waals surface area (Å²) in [6, 6.07) is 8.28. The van der Waals surface area contributed by atoms with Crippen molar-refractivity contribution in [2.24, 2.45) is 0 Å². The second-order valence-electron chi connectivity index (χ2n) is 4.34. The van der Waals surface area contributed by atoms with Crippen molar-refractivity contribution in [2.75, 3.05) is 5.75 Å². The summed E-state index contributed by atoms with van der Waals surface area (Å²) >= 11 is 3.13. The maximum Gasteiger partial charge on any atom is 0.318 e. The first-order valence-corrected chi connectivity index (χ1v) is 9.16. The van der Waals surface area contributed by atoms with E-state index in [9.17, 15) is 14.0 Å². The third-order valence-electron chi connectivity index (χ3n) is 3.04. The average Bonchev–Trinajstić information content (AvgIpc) is 2.97. The first-order valence-electron chi connectivity index (χ1n) is 5.72. The molecular weight excluding hydrogens is 318 g/mol. The Labute approximate surface area is 125 Å². The summed E-state index contributed by atoms with van der Waals surface area (Å²) in [6.45, 7) is 0. The van der Waals surface area contributed by atoms with Gasteiger partial charge >= 0.3 is 5.69 Å². The molecule has 20 heavy (non-hydrogen) atoms. The molecule has 1 aromatic heterocycles. The highest BCUT2D eigenvalue weighted by Gasteiger charge is 2.33. The van der Waals surface area contributed by atoms with E-state index >= 15 is 0 Å². The molecule has 2 atom stereocenters. The third-order valence-corrected chi connectivity index (χ3v) is 7.39. The molecule has 106 valence electrons. The molecule has 2 heterocycles. The summed E-state index contributed by atoms with van der Waals surface area (Å²) in [6.07, 6.45) is 0. The molecule has 2 aromatic rings. The van der Waals surface area contributed by atoms with E-state index in [2.05, 4.69) is 0 Å². The zero-order valence-electron chi connectivity index (χ0n) is 10.1. The van der Waals surface area contributed by atoms with Gasteiger partial charge in [-0.3, -0.25) is 0 Å². The van der Waals surface area contributed by atoms with Gasteiger partial charge in [-0.25, -0.2) is 5.21 Å². The van der Waals surface area contributed by atoms with Crippen LogP contribution in [0.3, 0.4) is 0 Å². The van der Waals surface area contributed by atoms with Crippen molar-refractivity contribution in [1.29, 1.82) is 0 Å². The van der Waals surface area contributed by atoms with E-state index in [-0.39, 0.29) is 26.5 Å².